The highest BCUT2D eigenvalue weighted by molar-refractivity contribution is 5.56. The maximum absolute atomic E-state index is 5.58. The molecule has 1 aliphatic rings. The van der Waals surface area contributed by atoms with Gasteiger partial charge in [-0.05, 0) is 6.42 Å². The molecule has 0 radical (unpaired) electrons. The van der Waals surface area contributed by atoms with E-state index in [0.717, 1.165) is 30.8 Å². The molecule has 106 valence electrons. The largest absolute Gasteiger partial charge is 0.378 e. The van der Waals surface area contributed by atoms with Gasteiger partial charge < -0.3 is 20.2 Å². The predicted molar refractivity (Wildman–Crippen MR) is 72.9 cm³/mol. The van der Waals surface area contributed by atoms with Crippen molar-refractivity contribution in [2.45, 2.75) is 25.4 Å². The molecule has 0 aliphatic carbocycles. The highest BCUT2D eigenvalue weighted by Gasteiger charge is 2.35. The van der Waals surface area contributed by atoms with Gasteiger partial charge in [-0.15, -0.1) is 0 Å². The second-order valence-electron chi connectivity index (χ2n) is 4.59. The fourth-order valence-corrected chi connectivity index (χ4v) is 2.23. The summed E-state index contributed by atoms with van der Waals surface area (Å²) in [5.41, 5.74) is 3.29. The Morgan fingerprint density at radius 3 is 2.84 bits per heavy atom. The van der Waals surface area contributed by atoms with Gasteiger partial charge in [0.05, 0.1) is 6.61 Å². The Morgan fingerprint density at radius 2 is 2.26 bits per heavy atom. The maximum atomic E-state index is 5.58. The summed E-state index contributed by atoms with van der Waals surface area (Å²) in [4.78, 5) is 8.37. The first-order valence-electron chi connectivity index (χ1n) is 6.42. The lowest BCUT2D eigenvalue weighted by atomic mass is 10.0. The van der Waals surface area contributed by atoms with E-state index in [1.807, 2.05) is 6.92 Å². The van der Waals surface area contributed by atoms with Crippen molar-refractivity contribution >= 4 is 11.6 Å². The number of nitrogens with one attached hydrogen (secondary N) is 2. The van der Waals surface area contributed by atoms with E-state index >= 15 is 0 Å². The molecule has 0 aromatic carbocycles. The van der Waals surface area contributed by atoms with Gasteiger partial charge in [0.1, 0.15) is 23.6 Å². The molecule has 1 saturated heterocycles. The Balaban J connectivity index is 2.10. The van der Waals surface area contributed by atoms with Crippen molar-refractivity contribution in [1.29, 1.82) is 0 Å². The third kappa shape index (κ3) is 2.94. The van der Waals surface area contributed by atoms with Crippen molar-refractivity contribution in [2.75, 3.05) is 37.6 Å². The molecule has 1 aromatic rings. The lowest BCUT2D eigenvalue weighted by molar-refractivity contribution is -0.00626. The molecule has 7 nitrogen and oxygen atoms in total. The van der Waals surface area contributed by atoms with Gasteiger partial charge in [-0.1, -0.05) is 6.92 Å². The van der Waals surface area contributed by atoms with E-state index in [1.165, 1.54) is 6.33 Å². The minimum absolute atomic E-state index is 0.272. The van der Waals surface area contributed by atoms with Gasteiger partial charge in [-0.25, -0.2) is 15.8 Å². The van der Waals surface area contributed by atoms with Crippen LogP contribution in [0.2, 0.25) is 0 Å². The van der Waals surface area contributed by atoms with E-state index in [2.05, 4.69) is 20.7 Å². The zero-order chi connectivity index (χ0) is 13.7. The average molecular weight is 267 g/mol. The zero-order valence-corrected chi connectivity index (χ0v) is 11.4. The molecule has 1 atom stereocenters. The summed E-state index contributed by atoms with van der Waals surface area (Å²) < 4.78 is 11.0. The molecule has 4 N–H and O–H groups in total. The smallest absolute Gasteiger partial charge is 0.148 e. The van der Waals surface area contributed by atoms with E-state index < -0.39 is 0 Å². The summed E-state index contributed by atoms with van der Waals surface area (Å²) >= 11 is 0. The van der Waals surface area contributed by atoms with E-state index in [9.17, 15) is 0 Å². The molecule has 1 fully saturated rings. The number of nitrogen functional groups attached to an aromatic ring is 1. The Morgan fingerprint density at radius 1 is 1.47 bits per heavy atom. The first kappa shape index (κ1) is 14.0. The lowest BCUT2D eigenvalue weighted by Crippen LogP contribution is -2.40. The molecule has 1 unspecified atom stereocenters. The molecule has 2 heterocycles. The highest BCUT2D eigenvalue weighted by Crippen LogP contribution is 2.25. The normalized spacial score (nSPS) is 22.5. The number of rotatable bonds is 6. The number of anilines is 2. The first-order chi connectivity index (χ1) is 9.24. The van der Waals surface area contributed by atoms with Gasteiger partial charge in [0.15, 0.2) is 0 Å². The van der Waals surface area contributed by atoms with E-state index in [0.29, 0.717) is 19.0 Å². The van der Waals surface area contributed by atoms with Crippen LogP contribution in [-0.4, -0.2) is 42.4 Å². The van der Waals surface area contributed by atoms with Crippen LogP contribution in [0.25, 0.3) is 0 Å². The van der Waals surface area contributed by atoms with Crippen LogP contribution in [-0.2, 0) is 15.9 Å². The lowest BCUT2D eigenvalue weighted by Gasteiger charge is -2.26. The number of methoxy groups -OCH3 is 1. The number of aromatic nitrogens is 2. The molecule has 19 heavy (non-hydrogen) atoms. The standard InChI is InChI=1S/C12H21N5O2/c1-3-9-10(15-8-16-11(9)17-13)14-6-12(18-2)4-5-19-7-12/h8H,3-7,13H2,1-2H3,(H2,14,15,16,17). The summed E-state index contributed by atoms with van der Waals surface area (Å²) in [5.74, 6) is 6.89. The second kappa shape index (κ2) is 6.14. The van der Waals surface area contributed by atoms with Crippen LogP contribution in [0, 0.1) is 0 Å². The predicted octanol–water partition coefficient (Wildman–Crippen LogP) is 0.542. The molecular formula is C12H21N5O2. The summed E-state index contributed by atoms with van der Waals surface area (Å²) in [5, 5.41) is 3.32. The molecule has 2 rings (SSSR count). The quantitative estimate of drug-likeness (QED) is 0.511. The van der Waals surface area contributed by atoms with Crippen LogP contribution in [0.15, 0.2) is 6.33 Å². The van der Waals surface area contributed by atoms with Crippen LogP contribution >= 0.6 is 0 Å². The van der Waals surface area contributed by atoms with Gasteiger partial charge in [0.2, 0.25) is 0 Å². The summed E-state index contributed by atoms with van der Waals surface area (Å²) in [7, 11) is 1.71. The van der Waals surface area contributed by atoms with Crippen molar-refractivity contribution in [2.24, 2.45) is 5.84 Å². The van der Waals surface area contributed by atoms with Crippen molar-refractivity contribution in [3.05, 3.63) is 11.9 Å². The fraction of sp³-hybridized carbons (Fsp3) is 0.667. The number of hydrazine groups is 1. The number of nitrogens with zero attached hydrogens (tertiary/aromatic N) is 2. The third-order valence-corrected chi connectivity index (χ3v) is 3.51. The monoisotopic (exact) mass is 267 g/mol. The van der Waals surface area contributed by atoms with Crippen LogP contribution in [0.5, 0.6) is 0 Å². The minimum atomic E-state index is -0.272. The van der Waals surface area contributed by atoms with E-state index in [1.54, 1.807) is 7.11 Å². The van der Waals surface area contributed by atoms with Crippen molar-refractivity contribution in [3.63, 3.8) is 0 Å². The number of hydrogen-bond donors (Lipinski definition) is 3. The van der Waals surface area contributed by atoms with Crippen molar-refractivity contribution in [3.8, 4) is 0 Å². The number of nitrogens with two attached hydrogens (primary N) is 1. The van der Waals surface area contributed by atoms with Gasteiger partial charge >= 0.3 is 0 Å². The first-order valence-corrected chi connectivity index (χ1v) is 6.42. The molecule has 0 saturated carbocycles. The fourth-order valence-electron chi connectivity index (χ4n) is 2.23. The van der Waals surface area contributed by atoms with Gasteiger partial charge in [-0.2, -0.15) is 0 Å². The van der Waals surface area contributed by atoms with Crippen LogP contribution in [0.1, 0.15) is 18.9 Å². The Bertz CT molecular complexity index is 421. The topological polar surface area (TPSA) is 94.3 Å². The molecule has 0 bridgehead atoms. The average Bonchev–Trinajstić information content (AvgIpc) is 2.94. The number of hydrogen-bond acceptors (Lipinski definition) is 7. The molecule has 0 spiro atoms. The molecule has 0 amide bonds. The third-order valence-electron chi connectivity index (χ3n) is 3.51. The van der Waals surface area contributed by atoms with Gasteiger partial charge in [0, 0.05) is 32.2 Å². The Hall–Kier alpha value is -1.44. The van der Waals surface area contributed by atoms with Crippen LogP contribution in [0.3, 0.4) is 0 Å². The highest BCUT2D eigenvalue weighted by atomic mass is 16.5. The zero-order valence-electron chi connectivity index (χ0n) is 11.4. The minimum Gasteiger partial charge on any atom is -0.378 e. The summed E-state index contributed by atoms with van der Waals surface area (Å²) in [6, 6.07) is 0. The van der Waals surface area contributed by atoms with Gasteiger partial charge in [-0.3, -0.25) is 0 Å². The Labute approximate surface area is 112 Å². The Kier molecular flexibility index (Phi) is 4.52. The maximum Gasteiger partial charge on any atom is 0.148 e. The number of ether oxygens (including phenoxy) is 2. The summed E-state index contributed by atoms with van der Waals surface area (Å²) in [6.07, 6.45) is 3.16. The van der Waals surface area contributed by atoms with Crippen LogP contribution in [0.4, 0.5) is 11.6 Å². The van der Waals surface area contributed by atoms with Crippen molar-refractivity contribution < 1.29 is 9.47 Å². The van der Waals surface area contributed by atoms with Gasteiger partial charge in [0.25, 0.3) is 0 Å². The molecule has 7 heteroatoms. The second-order valence-corrected chi connectivity index (χ2v) is 4.59. The summed E-state index contributed by atoms with van der Waals surface area (Å²) in [6.45, 7) is 4.02. The SMILES string of the molecule is CCc1c(NN)ncnc1NCC1(OC)CCOC1. The molecule has 1 aromatic heterocycles. The van der Waals surface area contributed by atoms with Crippen LogP contribution < -0.4 is 16.6 Å². The molecular weight excluding hydrogens is 246 g/mol. The van der Waals surface area contributed by atoms with E-state index in [4.69, 9.17) is 15.3 Å². The van der Waals surface area contributed by atoms with E-state index in [-0.39, 0.29) is 5.60 Å². The van der Waals surface area contributed by atoms with Crippen molar-refractivity contribution in [1.82, 2.24) is 9.97 Å². The molecule has 1 aliphatic heterocycles.